The Balaban J connectivity index is 1.26. The zero-order valence-electron chi connectivity index (χ0n) is 25.2. The van der Waals surface area contributed by atoms with Gasteiger partial charge in [0.05, 0.1) is 19.4 Å². The third-order valence-corrected chi connectivity index (χ3v) is 10.3. The van der Waals surface area contributed by atoms with Crippen LogP contribution in [-0.4, -0.2) is 53.0 Å². The topological polar surface area (TPSA) is 109 Å². The third kappa shape index (κ3) is 7.77. The molecule has 3 N–H and O–H groups in total. The minimum Gasteiger partial charge on any atom is -0.365 e. The van der Waals surface area contributed by atoms with E-state index in [2.05, 4.69) is 20.3 Å². The highest BCUT2D eigenvalue weighted by atomic mass is 31.2. The van der Waals surface area contributed by atoms with Gasteiger partial charge in [-0.25, -0.2) is 4.98 Å². The Kier molecular flexibility index (Phi) is 10.3. The molecular formula is C33H38F3N4O4P. The highest BCUT2D eigenvalue weighted by Gasteiger charge is 2.49. The van der Waals surface area contributed by atoms with Crippen molar-refractivity contribution in [3.63, 3.8) is 0 Å². The quantitative estimate of drug-likeness (QED) is 0.0881. The summed E-state index contributed by atoms with van der Waals surface area (Å²) in [6, 6.07) is 16.7. The molecule has 12 heteroatoms. The molecule has 45 heavy (non-hydrogen) atoms. The average Bonchev–Trinajstić information content (AvgIpc) is 3.75. The Morgan fingerprint density at radius 3 is 2.18 bits per heavy atom. The van der Waals surface area contributed by atoms with E-state index in [1.54, 1.807) is 24.5 Å². The van der Waals surface area contributed by atoms with E-state index in [1.165, 1.54) is 0 Å². The number of nitrogens with one attached hydrogen (secondary N) is 3. The van der Waals surface area contributed by atoms with E-state index in [0.717, 1.165) is 28.2 Å². The van der Waals surface area contributed by atoms with Gasteiger partial charge in [0.1, 0.15) is 17.8 Å². The number of aryl methyl sites for hydroxylation is 1. The molecule has 1 aliphatic rings. The number of benzene rings is 2. The maximum atomic E-state index is 13.8. The van der Waals surface area contributed by atoms with Crippen molar-refractivity contribution in [3.8, 4) is 11.1 Å². The van der Waals surface area contributed by atoms with Gasteiger partial charge in [0.15, 0.2) is 0 Å². The summed E-state index contributed by atoms with van der Waals surface area (Å²) < 4.78 is 65.0. The van der Waals surface area contributed by atoms with Crippen molar-refractivity contribution < 1.29 is 31.6 Å². The SMILES string of the molecule is Cc1cc[nH]c1CCOP(=O)(CCCCCC1(C(=O)NCC(F)(F)F)c2ccccc2-c2ccccc21)OCCc1ncc[nH]1. The minimum absolute atomic E-state index is 0.169. The van der Waals surface area contributed by atoms with E-state index in [0.29, 0.717) is 49.7 Å². The molecule has 8 nitrogen and oxygen atoms in total. The molecule has 1 aliphatic carbocycles. The van der Waals surface area contributed by atoms with Crippen LogP contribution < -0.4 is 5.32 Å². The molecule has 0 saturated carbocycles. The summed E-state index contributed by atoms with van der Waals surface area (Å²) in [6.45, 7) is 0.968. The van der Waals surface area contributed by atoms with Crippen LogP contribution >= 0.6 is 7.60 Å². The molecule has 0 radical (unpaired) electrons. The first kappa shape index (κ1) is 32.7. The number of rotatable bonds is 16. The molecule has 0 spiro atoms. The van der Waals surface area contributed by atoms with Crippen molar-refractivity contribution in [1.29, 1.82) is 0 Å². The number of amides is 1. The lowest BCUT2D eigenvalue weighted by Crippen LogP contribution is -2.47. The fraction of sp³-hybridized carbons (Fsp3) is 0.394. The third-order valence-electron chi connectivity index (χ3n) is 8.27. The van der Waals surface area contributed by atoms with Gasteiger partial charge in [-0.15, -0.1) is 0 Å². The fourth-order valence-corrected chi connectivity index (χ4v) is 7.76. The minimum atomic E-state index is -4.54. The Morgan fingerprint density at radius 2 is 1.58 bits per heavy atom. The van der Waals surface area contributed by atoms with Crippen LogP contribution in [0.15, 0.2) is 73.2 Å². The van der Waals surface area contributed by atoms with Crippen molar-refractivity contribution in [2.75, 3.05) is 25.9 Å². The fourth-order valence-electron chi connectivity index (χ4n) is 6.08. The normalized spacial score (nSPS) is 14.9. The summed E-state index contributed by atoms with van der Waals surface area (Å²) in [5.74, 6) is 0.0434. The number of nitrogens with zero attached hydrogens (tertiary/aromatic N) is 1. The van der Waals surface area contributed by atoms with E-state index < -0.39 is 31.6 Å². The van der Waals surface area contributed by atoms with Crippen molar-refractivity contribution in [2.24, 2.45) is 0 Å². The molecule has 0 fully saturated rings. The Bertz CT molecular complexity index is 1570. The number of alkyl halides is 3. The molecule has 4 aromatic rings. The Labute approximate surface area is 260 Å². The van der Waals surface area contributed by atoms with E-state index in [4.69, 9.17) is 9.05 Å². The number of H-pyrrole nitrogens is 2. The molecule has 1 amide bonds. The van der Waals surface area contributed by atoms with Crippen LogP contribution in [0, 0.1) is 6.92 Å². The molecule has 2 aromatic carbocycles. The largest absolute Gasteiger partial charge is 0.405 e. The van der Waals surface area contributed by atoms with E-state index >= 15 is 0 Å². The van der Waals surface area contributed by atoms with Gasteiger partial charge in [-0.05, 0) is 53.6 Å². The second-order valence-corrected chi connectivity index (χ2v) is 13.5. The van der Waals surface area contributed by atoms with Crippen molar-refractivity contribution in [3.05, 3.63) is 101 Å². The Morgan fingerprint density at radius 1 is 0.911 bits per heavy atom. The van der Waals surface area contributed by atoms with Crippen LogP contribution in [0.1, 0.15) is 53.9 Å². The number of imidazole rings is 1. The van der Waals surface area contributed by atoms with Gasteiger partial charge < -0.3 is 24.3 Å². The zero-order valence-corrected chi connectivity index (χ0v) is 26.1. The second kappa shape index (κ2) is 14.2. The van der Waals surface area contributed by atoms with E-state index in [9.17, 15) is 22.5 Å². The summed E-state index contributed by atoms with van der Waals surface area (Å²) in [7, 11) is -3.47. The number of fused-ring (bicyclic) bond motifs is 3. The molecule has 2 heterocycles. The molecular weight excluding hydrogens is 604 g/mol. The van der Waals surface area contributed by atoms with Crippen molar-refractivity contribution >= 4 is 13.5 Å². The molecule has 0 bridgehead atoms. The Hall–Kier alpha value is -3.66. The number of aromatic amines is 2. The lowest BCUT2D eigenvalue weighted by atomic mass is 9.73. The van der Waals surface area contributed by atoms with Crippen LogP contribution in [0.4, 0.5) is 13.2 Å². The summed E-state index contributed by atoms with van der Waals surface area (Å²) in [6.07, 6.45) is 3.71. The number of carbonyl (C=O) groups is 1. The zero-order chi connectivity index (χ0) is 31.9. The average molecular weight is 643 g/mol. The standard InChI is InChI=1S/C33H38F3N4O4P/c1-24-13-17-37-29(24)14-20-43-45(42,44-21-15-30-38-18-19-39-30)22-8-2-7-16-32(31(41)40-23-33(34,35)36)27-11-5-3-9-25(27)26-10-4-6-12-28(26)32/h3-6,9-13,17-19,37H,2,7-8,14-16,20-23H2,1H3,(H,38,39)(H,40,41). The highest BCUT2D eigenvalue weighted by Crippen LogP contribution is 2.52. The lowest BCUT2D eigenvalue weighted by molar-refractivity contribution is -0.141. The van der Waals surface area contributed by atoms with Crippen molar-refractivity contribution in [1.82, 2.24) is 20.3 Å². The molecule has 2 aromatic heterocycles. The maximum Gasteiger partial charge on any atom is 0.405 e. The molecule has 0 aliphatic heterocycles. The predicted molar refractivity (Wildman–Crippen MR) is 166 cm³/mol. The summed E-state index contributed by atoms with van der Waals surface area (Å²) in [5.41, 5.74) is 3.90. The molecule has 1 unspecified atom stereocenters. The van der Waals surface area contributed by atoms with Gasteiger partial charge in [-0.3, -0.25) is 9.36 Å². The summed E-state index contributed by atoms with van der Waals surface area (Å²) in [5, 5.41) is 2.17. The first-order valence-electron chi connectivity index (χ1n) is 15.1. The van der Waals surface area contributed by atoms with Crippen molar-refractivity contribution in [2.45, 2.75) is 57.0 Å². The molecule has 5 rings (SSSR count). The van der Waals surface area contributed by atoms with Gasteiger partial charge in [-0.2, -0.15) is 13.2 Å². The number of halogens is 3. The van der Waals surface area contributed by atoms with Crippen LogP contribution in [0.3, 0.4) is 0 Å². The summed E-state index contributed by atoms with van der Waals surface area (Å²) >= 11 is 0. The highest BCUT2D eigenvalue weighted by molar-refractivity contribution is 7.53. The number of unbranched alkanes of at least 4 members (excludes halogenated alkanes) is 2. The first-order valence-corrected chi connectivity index (χ1v) is 16.9. The molecule has 0 saturated heterocycles. The first-order chi connectivity index (χ1) is 21.6. The maximum absolute atomic E-state index is 13.8. The number of carbonyl (C=O) groups excluding carboxylic acids is 1. The van der Waals surface area contributed by atoms with Gasteiger partial charge in [-0.1, -0.05) is 61.4 Å². The van der Waals surface area contributed by atoms with E-state index in [1.807, 2.05) is 55.6 Å². The molecule has 1 atom stereocenters. The van der Waals surface area contributed by atoms with E-state index in [-0.39, 0.29) is 19.4 Å². The van der Waals surface area contributed by atoms with Crippen LogP contribution in [0.5, 0.6) is 0 Å². The van der Waals surface area contributed by atoms with Crippen LogP contribution in [0.25, 0.3) is 11.1 Å². The summed E-state index contributed by atoms with van der Waals surface area (Å²) in [4.78, 5) is 24.1. The van der Waals surface area contributed by atoms with Gasteiger partial charge in [0, 0.05) is 37.1 Å². The number of hydrogen-bond donors (Lipinski definition) is 3. The number of hydrogen-bond acceptors (Lipinski definition) is 5. The molecule has 240 valence electrons. The van der Waals surface area contributed by atoms with Gasteiger partial charge in [0.25, 0.3) is 0 Å². The monoisotopic (exact) mass is 642 g/mol. The predicted octanol–water partition coefficient (Wildman–Crippen LogP) is 7.26. The lowest BCUT2D eigenvalue weighted by Gasteiger charge is -2.31. The second-order valence-electron chi connectivity index (χ2n) is 11.3. The van der Waals surface area contributed by atoms with Gasteiger partial charge >= 0.3 is 13.8 Å². The van der Waals surface area contributed by atoms with Crippen LogP contribution in [0.2, 0.25) is 0 Å². The van der Waals surface area contributed by atoms with Gasteiger partial charge in [0.2, 0.25) is 5.91 Å². The number of aromatic nitrogens is 3. The smallest absolute Gasteiger partial charge is 0.365 e. The van der Waals surface area contributed by atoms with Crippen LogP contribution in [-0.2, 0) is 36.7 Å².